The van der Waals surface area contributed by atoms with Crippen LogP contribution >= 0.6 is 0 Å². The van der Waals surface area contributed by atoms with Crippen LogP contribution in [-0.4, -0.2) is 31.8 Å². The number of carbonyl (C=O) groups is 1. The van der Waals surface area contributed by atoms with Gasteiger partial charge in [-0.2, -0.15) is 4.31 Å². The predicted molar refractivity (Wildman–Crippen MR) is 99.3 cm³/mol. The molecule has 0 N–H and O–H groups in total. The lowest BCUT2D eigenvalue weighted by molar-refractivity contribution is 0.0337. The van der Waals surface area contributed by atoms with Crippen LogP contribution in [0.25, 0.3) is 0 Å². The Hall–Kier alpha value is -2.18. The maximum absolute atomic E-state index is 12.8. The SMILES string of the molecule is CC(OC(=O)c1cccc(S(=O)(=O)N2CCCCC2)c1)c1ccccc1. The van der Waals surface area contributed by atoms with Crippen molar-refractivity contribution in [3.05, 3.63) is 65.7 Å². The van der Waals surface area contributed by atoms with Gasteiger partial charge in [-0.1, -0.05) is 42.8 Å². The predicted octanol–water partition coefficient (Wildman–Crippen LogP) is 3.78. The molecule has 0 saturated carbocycles. The van der Waals surface area contributed by atoms with Gasteiger partial charge < -0.3 is 4.74 Å². The van der Waals surface area contributed by atoms with Gasteiger partial charge in [-0.3, -0.25) is 0 Å². The third-order valence-electron chi connectivity index (χ3n) is 4.58. The van der Waals surface area contributed by atoms with E-state index < -0.39 is 22.1 Å². The second kappa shape index (κ2) is 8.01. The van der Waals surface area contributed by atoms with Crippen molar-refractivity contribution < 1.29 is 17.9 Å². The van der Waals surface area contributed by atoms with Crippen LogP contribution in [-0.2, 0) is 14.8 Å². The molecule has 0 bridgehead atoms. The zero-order valence-corrected chi connectivity index (χ0v) is 15.6. The molecule has 1 aliphatic rings. The van der Waals surface area contributed by atoms with Crippen LogP contribution in [0.2, 0.25) is 0 Å². The Morgan fingerprint density at radius 2 is 1.69 bits per heavy atom. The molecule has 1 saturated heterocycles. The minimum atomic E-state index is -3.57. The van der Waals surface area contributed by atoms with Gasteiger partial charge in [0.05, 0.1) is 10.5 Å². The van der Waals surface area contributed by atoms with Gasteiger partial charge in [-0.05, 0) is 43.5 Å². The van der Waals surface area contributed by atoms with Gasteiger partial charge in [0, 0.05) is 13.1 Å². The van der Waals surface area contributed by atoms with Gasteiger partial charge in [0.15, 0.2) is 0 Å². The van der Waals surface area contributed by atoms with Gasteiger partial charge in [0.25, 0.3) is 0 Å². The van der Waals surface area contributed by atoms with E-state index in [1.807, 2.05) is 30.3 Å². The molecule has 3 rings (SSSR count). The van der Waals surface area contributed by atoms with E-state index in [0.717, 1.165) is 24.8 Å². The van der Waals surface area contributed by atoms with Gasteiger partial charge in [-0.15, -0.1) is 0 Å². The number of nitrogens with zero attached hydrogens (tertiary/aromatic N) is 1. The standard InChI is InChI=1S/C20H23NO4S/c1-16(17-9-4-2-5-10-17)25-20(22)18-11-8-12-19(15-18)26(23,24)21-13-6-3-7-14-21/h2,4-5,8-12,15-16H,3,6-7,13-14H2,1H3. The molecule has 1 heterocycles. The summed E-state index contributed by atoms with van der Waals surface area (Å²) in [5, 5.41) is 0. The fourth-order valence-corrected chi connectivity index (χ4v) is 4.62. The fourth-order valence-electron chi connectivity index (χ4n) is 3.06. The second-order valence-corrected chi connectivity index (χ2v) is 8.39. The average molecular weight is 373 g/mol. The Labute approximate surface area is 154 Å². The van der Waals surface area contributed by atoms with Crippen LogP contribution in [0.5, 0.6) is 0 Å². The molecule has 1 aliphatic heterocycles. The third-order valence-corrected chi connectivity index (χ3v) is 6.47. The van der Waals surface area contributed by atoms with Crippen molar-refractivity contribution in [3.63, 3.8) is 0 Å². The monoisotopic (exact) mass is 373 g/mol. The highest BCUT2D eigenvalue weighted by atomic mass is 32.2. The number of hydrogen-bond acceptors (Lipinski definition) is 4. The Bertz CT molecular complexity index is 858. The van der Waals surface area contributed by atoms with E-state index in [9.17, 15) is 13.2 Å². The molecule has 2 aromatic rings. The van der Waals surface area contributed by atoms with Crippen LogP contribution < -0.4 is 0 Å². The minimum Gasteiger partial charge on any atom is -0.454 e. The number of hydrogen-bond donors (Lipinski definition) is 0. The second-order valence-electron chi connectivity index (χ2n) is 6.45. The molecule has 0 radical (unpaired) electrons. The summed E-state index contributed by atoms with van der Waals surface area (Å²) in [7, 11) is -3.57. The first kappa shape index (κ1) is 18.6. The normalized spacial score (nSPS) is 16.8. The highest BCUT2D eigenvalue weighted by molar-refractivity contribution is 7.89. The molecule has 138 valence electrons. The first-order valence-corrected chi connectivity index (χ1v) is 10.3. The van der Waals surface area contributed by atoms with Crippen LogP contribution in [0.1, 0.15) is 48.2 Å². The van der Waals surface area contributed by atoms with E-state index in [1.165, 1.54) is 16.4 Å². The smallest absolute Gasteiger partial charge is 0.338 e. The topological polar surface area (TPSA) is 63.7 Å². The highest BCUT2D eigenvalue weighted by Crippen LogP contribution is 2.23. The van der Waals surface area contributed by atoms with E-state index in [4.69, 9.17) is 4.74 Å². The van der Waals surface area contributed by atoms with E-state index >= 15 is 0 Å². The largest absolute Gasteiger partial charge is 0.454 e. The molecule has 1 atom stereocenters. The number of ether oxygens (including phenoxy) is 1. The molecule has 0 spiro atoms. The van der Waals surface area contributed by atoms with Crippen molar-refractivity contribution in [2.75, 3.05) is 13.1 Å². The molecule has 6 heteroatoms. The molecule has 0 aliphatic carbocycles. The van der Waals surface area contributed by atoms with Crippen molar-refractivity contribution in [1.29, 1.82) is 0 Å². The van der Waals surface area contributed by atoms with E-state index in [0.29, 0.717) is 13.1 Å². The van der Waals surface area contributed by atoms with Crippen molar-refractivity contribution in [2.45, 2.75) is 37.2 Å². The number of benzene rings is 2. The Morgan fingerprint density at radius 1 is 1.00 bits per heavy atom. The number of rotatable bonds is 5. The van der Waals surface area contributed by atoms with Crippen molar-refractivity contribution in [1.82, 2.24) is 4.31 Å². The Balaban J connectivity index is 1.77. The lowest BCUT2D eigenvalue weighted by Gasteiger charge is -2.26. The Kier molecular flexibility index (Phi) is 5.74. The van der Waals surface area contributed by atoms with Crippen LogP contribution in [0.15, 0.2) is 59.5 Å². The molecule has 2 aromatic carbocycles. The summed E-state index contributed by atoms with van der Waals surface area (Å²) in [6.07, 6.45) is 2.38. The molecule has 5 nitrogen and oxygen atoms in total. The first-order chi connectivity index (χ1) is 12.5. The highest BCUT2D eigenvalue weighted by Gasteiger charge is 2.26. The summed E-state index contributed by atoms with van der Waals surface area (Å²) in [5.74, 6) is -0.531. The van der Waals surface area contributed by atoms with Crippen LogP contribution in [0, 0.1) is 0 Å². The van der Waals surface area contributed by atoms with Crippen molar-refractivity contribution in [3.8, 4) is 0 Å². The number of sulfonamides is 1. The summed E-state index contributed by atoms with van der Waals surface area (Å²) in [5.41, 5.74) is 1.13. The summed E-state index contributed by atoms with van der Waals surface area (Å²) in [6.45, 7) is 2.85. The van der Waals surface area contributed by atoms with E-state index in [-0.39, 0.29) is 10.5 Å². The summed E-state index contributed by atoms with van der Waals surface area (Å²) in [6, 6.07) is 15.5. The average Bonchev–Trinajstić information content (AvgIpc) is 2.69. The first-order valence-electron chi connectivity index (χ1n) is 8.84. The fraction of sp³-hybridized carbons (Fsp3) is 0.350. The van der Waals surface area contributed by atoms with Gasteiger partial charge in [-0.25, -0.2) is 13.2 Å². The number of piperidine rings is 1. The summed E-state index contributed by atoms with van der Waals surface area (Å²) < 4.78 is 32.5. The molecular weight excluding hydrogens is 350 g/mol. The van der Waals surface area contributed by atoms with Crippen molar-refractivity contribution in [2.24, 2.45) is 0 Å². The van der Waals surface area contributed by atoms with Gasteiger partial charge in [0.2, 0.25) is 10.0 Å². The lowest BCUT2D eigenvalue weighted by Crippen LogP contribution is -2.35. The number of carbonyl (C=O) groups excluding carboxylic acids is 1. The van der Waals surface area contributed by atoms with Crippen molar-refractivity contribution >= 4 is 16.0 Å². The van der Waals surface area contributed by atoms with Gasteiger partial charge >= 0.3 is 5.97 Å². The van der Waals surface area contributed by atoms with Crippen LogP contribution in [0.3, 0.4) is 0 Å². The van der Waals surface area contributed by atoms with Gasteiger partial charge in [0.1, 0.15) is 6.10 Å². The van der Waals surface area contributed by atoms with Crippen LogP contribution in [0.4, 0.5) is 0 Å². The molecular formula is C20H23NO4S. The zero-order chi connectivity index (χ0) is 18.6. The molecule has 1 fully saturated rings. The molecule has 26 heavy (non-hydrogen) atoms. The molecule has 0 aromatic heterocycles. The van der Waals surface area contributed by atoms with E-state index in [2.05, 4.69) is 0 Å². The summed E-state index contributed by atoms with van der Waals surface area (Å²) in [4.78, 5) is 12.6. The minimum absolute atomic E-state index is 0.140. The van der Waals surface area contributed by atoms with E-state index in [1.54, 1.807) is 19.1 Å². The lowest BCUT2D eigenvalue weighted by atomic mass is 10.1. The maximum Gasteiger partial charge on any atom is 0.338 e. The summed E-state index contributed by atoms with van der Waals surface area (Å²) >= 11 is 0. The molecule has 0 amide bonds. The molecule has 1 unspecified atom stereocenters. The quantitative estimate of drug-likeness (QED) is 0.748. The number of esters is 1. The maximum atomic E-state index is 12.8. The third kappa shape index (κ3) is 4.14. The zero-order valence-electron chi connectivity index (χ0n) is 14.8. The Morgan fingerprint density at radius 3 is 2.38 bits per heavy atom.